The van der Waals surface area contributed by atoms with Gasteiger partial charge in [0.25, 0.3) is 0 Å². The molecule has 6 atom stereocenters. The molecule has 102 heavy (non-hydrogen) atoms. The molecule has 2 saturated heterocycles. The SMILES string of the molecule is CO.COC(=O)C1(NC(=O)[C@@H]2CC(Oc3cc(-c4ccccc4)nc4cc(OC)ccc34)CN2C(=O)OC(C)(C)C)CCC1.COc1ccc2c(OC3C[C@@H](C(=O)NC4(C(=O)O)CCC4)N(C(=O)[C@@H](NC(=O)OC(C)(C)C)C(C)(C)C)C3)cc(-c3ccccc3)nc2c1.C[C@H](C(=O)O)C(C)(C)C. The number of carboxylic acid groups (broad SMARTS) is 2. The number of pyridine rings is 2. The summed E-state index contributed by atoms with van der Waals surface area (Å²) in [6.45, 7) is 23.5. The minimum Gasteiger partial charge on any atom is -0.497 e. The van der Waals surface area contributed by atoms with E-state index >= 15 is 0 Å². The molecule has 0 spiro atoms. The molecule has 2 saturated carbocycles. The van der Waals surface area contributed by atoms with Gasteiger partial charge < -0.3 is 69.3 Å². The van der Waals surface area contributed by atoms with Gasteiger partial charge in [0.2, 0.25) is 17.7 Å². The van der Waals surface area contributed by atoms with E-state index in [0.717, 1.165) is 30.0 Å². The van der Waals surface area contributed by atoms with Crippen molar-refractivity contribution in [1.29, 1.82) is 0 Å². The van der Waals surface area contributed by atoms with Gasteiger partial charge in [-0.1, -0.05) is 109 Å². The summed E-state index contributed by atoms with van der Waals surface area (Å²) in [6, 6.07) is 31.1. The lowest BCUT2D eigenvalue weighted by Crippen LogP contribution is -2.63. The highest BCUT2D eigenvalue weighted by Crippen LogP contribution is 2.40. The van der Waals surface area contributed by atoms with Gasteiger partial charge in [-0.3, -0.25) is 24.1 Å². The molecule has 6 N–H and O–H groups in total. The quantitative estimate of drug-likeness (QED) is 0.0365. The van der Waals surface area contributed by atoms with Crippen LogP contribution in [-0.2, 0) is 43.0 Å². The smallest absolute Gasteiger partial charge is 0.411 e. The summed E-state index contributed by atoms with van der Waals surface area (Å²) in [7, 11) is 5.48. The van der Waals surface area contributed by atoms with Gasteiger partial charge in [-0.2, -0.15) is 0 Å². The Hall–Kier alpha value is -9.78. The van der Waals surface area contributed by atoms with Crippen LogP contribution >= 0.6 is 0 Å². The fourth-order valence-corrected chi connectivity index (χ4v) is 12.0. The van der Waals surface area contributed by atoms with Crippen molar-refractivity contribution in [1.82, 2.24) is 35.7 Å². The Morgan fingerprint density at radius 2 is 0.971 bits per heavy atom. The lowest BCUT2D eigenvalue weighted by molar-refractivity contribution is -0.155. The Bertz CT molecular complexity index is 3960. The van der Waals surface area contributed by atoms with Crippen molar-refractivity contribution >= 4 is 69.6 Å². The number of likely N-dealkylation sites (tertiary alicyclic amines) is 2. The number of carboxylic acids is 2. The topological polar surface area (TPSA) is 330 Å². The van der Waals surface area contributed by atoms with Crippen LogP contribution in [0.15, 0.2) is 109 Å². The highest BCUT2D eigenvalue weighted by molar-refractivity contribution is 5.96. The number of methoxy groups -OCH3 is 3. The van der Waals surface area contributed by atoms with Gasteiger partial charge in [0.05, 0.1) is 62.8 Å². The fraction of sp³-hybridized carbons (Fsp3) is 0.506. The molecule has 25 heteroatoms. The lowest BCUT2D eigenvalue weighted by Gasteiger charge is -2.40. The number of carbonyl (C=O) groups is 8. The first-order chi connectivity index (χ1) is 47.9. The number of fused-ring (bicyclic) bond motifs is 2. The van der Waals surface area contributed by atoms with Gasteiger partial charge in [0.1, 0.15) is 75.6 Å². The summed E-state index contributed by atoms with van der Waals surface area (Å²) >= 11 is 0. The van der Waals surface area contributed by atoms with Crippen LogP contribution < -0.4 is 34.9 Å². The van der Waals surface area contributed by atoms with Crippen LogP contribution in [0.4, 0.5) is 9.59 Å². The standard InChI is InChI=1S/C37H46N4O8.C32H37N3O7.C7H14O2.CH4O/c1-35(2,3)30(39-34(46)49-36(4,5)6)32(43)41-21-24(19-28(41)31(42)40-37(33(44)45)16-11-17-37)48-29-20-26(22-12-9-8-10-13-22)38-27-18-23(47-7)14-15-25(27)29;1-31(2,3)42-30(38)35-19-22(17-26(35)28(36)34-32(14-9-15-32)29(37)40-5)41-27-18-24(20-10-7-6-8-11-20)33-25-16-21(39-4)12-13-23(25)27;1-5(6(8)9)7(2,3)4;1-2/h8-10,12-15,18,20,24,28,30H,11,16-17,19,21H2,1-7H3,(H,39,46)(H,40,42)(H,44,45);6-8,10-13,16,18,22,26H,9,14-15,17,19H2,1-5H3,(H,34,36);5H,1-4H3,(H,8,9);2H,1H3/t24?,28-,30+;22?,26-;5-;/m001./s1. The fourth-order valence-electron chi connectivity index (χ4n) is 12.0. The van der Waals surface area contributed by atoms with E-state index < -0.39 is 106 Å². The number of aliphatic carboxylic acids is 2. The number of amides is 5. The van der Waals surface area contributed by atoms with Gasteiger partial charge in [-0.25, -0.2) is 29.1 Å². The molecule has 4 aliphatic rings. The first-order valence-electron chi connectivity index (χ1n) is 34.2. The molecule has 10 rings (SSSR count). The van der Waals surface area contributed by atoms with Crippen molar-refractivity contribution in [2.45, 2.75) is 194 Å². The highest BCUT2D eigenvalue weighted by Gasteiger charge is 2.53. The molecule has 2 aliphatic carbocycles. The summed E-state index contributed by atoms with van der Waals surface area (Å²) in [4.78, 5) is 116. The minimum atomic E-state index is -1.38. The average molecular weight is 1410 g/mol. The molecule has 4 aromatic carbocycles. The summed E-state index contributed by atoms with van der Waals surface area (Å²) in [5.74, 6) is -1.74. The number of benzene rings is 4. The van der Waals surface area contributed by atoms with Crippen molar-refractivity contribution in [2.24, 2.45) is 16.7 Å². The van der Waals surface area contributed by atoms with Crippen molar-refractivity contribution in [2.75, 3.05) is 41.5 Å². The Morgan fingerprint density at radius 3 is 1.32 bits per heavy atom. The van der Waals surface area contributed by atoms with Crippen LogP contribution in [0.3, 0.4) is 0 Å². The second-order valence-electron chi connectivity index (χ2n) is 30.1. The number of hydrogen-bond donors (Lipinski definition) is 6. The molecule has 4 heterocycles. The van der Waals surface area contributed by atoms with Crippen LogP contribution in [0, 0.1) is 16.7 Å². The van der Waals surface area contributed by atoms with E-state index in [-0.39, 0.29) is 37.3 Å². The summed E-state index contributed by atoms with van der Waals surface area (Å²) in [6.07, 6.45) is 0.775. The summed E-state index contributed by atoms with van der Waals surface area (Å²) in [5.41, 5.74) is -0.405. The number of carbonyl (C=O) groups excluding carboxylic acids is 6. The maximum Gasteiger partial charge on any atom is 0.411 e. The number of hydrogen-bond acceptors (Lipinski definition) is 18. The lowest BCUT2D eigenvalue weighted by atomic mass is 9.76. The van der Waals surface area contributed by atoms with Crippen LogP contribution in [-0.4, -0.2) is 177 Å². The van der Waals surface area contributed by atoms with Crippen LogP contribution in [0.5, 0.6) is 23.0 Å². The van der Waals surface area contributed by atoms with E-state index in [4.69, 9.17) is 53.3 Å². The van der Waals surface area contributed by atoms with E-state index in [1.165, 1.54) is 16.9 Å². The summed E-state index contributed by atoms with van der Waals surface area (Å²) in [5, 5.41) is 35.3. The minimum absolute atomic E-state index is 0.0141. The zero-order valence-corrected chi connectivity index (χ0v) is 61.7. The predicted octanol–water partition coefficient (Wildman–Crippen LogP) is 11.6. The Morgan fingerprint density at radius 1 is 0.549 bits per heavy atom. The second kappa shape index (κ2) is 32.9. The van der Waals surface area contributed by atoms with E-state index in [0.29, 0.717) is 82.9 Å². The van der Waals surface area contributed by atoms with Crippen LogP contribution in [0.1, 0.15) is 141 Å². The predicted molar refractivity (Wildman–Crippen MR) is 384 cm³/mol. The number of alkyl carbamates (subject to hydrolysis) is 1. The Kier molecular flexibility index (Phi) is 25.7. The Balaban J connectivity index is 0.000000251. The normalized spacial score (nSPS) is 18.7. The molecular formula is C77H101N7O18. The van der Waals surface area contributed by atoms with Crippen LogP contribution in [0.2, 0.25) is 0 Å². The molecule has 6 aromatic rings. The number of nitrogens with zero attached hydrogens (tertiary/aromatic N) is 4. The first kappa shape index (κ1) is 79.5. The second-order valence-corrected chi connectivity index (χ2v) is 30.1. The summed E-state index contributed by atoms with van der Waals surface area (Å²) < 4.78 is 40.1. The molecule has 4 fully saturated rings. The molecule has 0 bridgehead atoms. The number of nitrogens with one attached hydrogen (secondary N) is 3. The Labute approximate surface area is 596 Å². The van der Waals surface area contributed by atoms with Crippen molar-refractivity contribution in [3.8, 4) is 45.5 Å². The monoisotopic (exact) mass is 1410 g/mol. The zero-order chi connectivity index (χ0) is 75.5. The maximum atomic E-state index is 14.4. The van der Waals surface area contributed by atoms with E-state index in [1.54, 1.807) is 68.8 Å². The van der Waals surface area contributed by atoms with Gasteiger partial charge in [-0.15, -0.1) is 0 Å². The van der Waals surface area contributed by atoms with Crippen molar-refractivity contribution in [3.05, 3.63) is 109 Å². The molecule has 0 radical (unpaired) electrons. The molecule has 25 nitrogen and oxygen atoms in total. The molecule has 2 aliphatic heterocycles. The number of aromatic nitrogens is 2. The van der Waals surface area contributed by atoms with Crippen LogP contribution in [0.25, 0.3) is 44.3 Å². The van der Waals surface area contributed by atoms with E-state index in [2.05, 4.69) is 16.0 Å². The van der Waals surface area contributed by atoms with Gasteiger partial charge >= 0.3 is 30.1 Å². The van der Waals surface area contributed by atoms with E-state index in [9.17, 15) is 43.5 Å². The first-order valence-corrected chi connectivity index (χ1v) is 34.2. The number of aliphatic hydroxyl groups excluding tert-OH is 1. The third-order valence-electron chi connectivity index (χ3n) is 18.3. The number of esters is 1. The molecule has 2 unspecified atom stereocenters. The number of ether oxygens (including phenoxy) is 7. The van der Waals surface area contributed by atoms with Gasteiger partial charge in [0.15, 0.2) is 0 Å². The molecule has 5 amide bonds. The molecule has 2 aromatic heterocycles. The average Bonchev–Trinajstić information content (AvgIpc) is 1.40. The van der Waals surface area contributed by atoms with Crippen molar-refractivity contribution < 1.29 is 86.8 Å². The third-order valence-corrected chi connectivity index (χ3v) is 18.3. The molecule has 552 valence electrons. The highest BCUT2D eigenvalue weighted by atomic mass is 16.6. The van der Waals surface area contributed by atoms with Gasteiger partial charge in [-0.05, 0) is 115 Å². The zero-order valence-electron chi connectivity index (χ0n) is 61.7. The third kappa shape index (κ3) is 19.8. The van der Waals surface area contributed by atoms with Crippen molar-refractivity contribution in [3.63, 3.8) is 0 Å². The molecular weight excluding hydrogens is 1310 g/mol. The maximum absolute atomic E-state index is 14.4. The van der Waals surface area contributed by atoms with Gasteiger partial charge in [0, 0.05) is 66.1 Å². The largest absolute Gasteiger partial charge is 0.497 e. The number of rotatable bonds is 17. The van der Waals surface area contributed by atoms with E-state index in [1.807, 2.05) is 145 Å². The number of aliphatic hydroxyl groups is 1.